The van der Waals surface area contributed by atoms with Gasteiger partial charge in [0.2, 0.25) is 0 Å². The third-order valence-corrected chi connectivity index (χ3v) is 4.65. The van der Waals surface area contributed by atoms with Gasteiger partial charge in [-0.3, -0.25) is 0 Å². The summed E-state index contributed by atoms with van der Waals surface area (Å²) < 4.78 is 5.61. The summed E-state index contributed by atoms with van der Waals surface area (Å²) in [6.07, 6.45) is 2.11. The van der Waals surface area contributed by atoms with Crippen LogP contribution in [0.3, 0.4) is 0 Å². The van der Waals surface area contributed by atoms with Gasteiger partial charge in [0.1, 0.15) is 5.75 Å². The second kappa shape index (κ2) is 4.51. The Balaban J connectivity index is 2.06. The minimum Gasteiger partial charge on any atom is -0.496 e. The molecule has 0 bridgehead atoms. The van der Waals surface area contributed by atoms with E-state index in [4.69, 9.17) is 16.3 Å². The van der Waals surface area contributed by atoms with Crippen LogP contribution < -0.4 is 10.1 Å². The van der Waals surface area contributed by atoms with Gasteiger partial charge in [-0.25, -0.2) is 0 Å². The van der Waals surface area contributed by atoms with E-state index in [0.717, 1.165) is 30.2 Å². The molecule has 2 aromatic rings. The number of methoxy groups -OCH3 is 1. The monoisotopic (exact) mass is 285 g/mol. The van der Waals surface area contributed by atoms with Gasteiger partial charge in [-0.15, -0.1) is 0 Å². The number of fused-ring (bicyclic) bond motifs is 2. The summed E-state index contributed by atoms with van der Waals surface area (Å²) in [5.41, 5.74) is 6.65. The van der Waals surface area contributed by atoms with E-state index in [2.05, 4.69) is 29.6 Å². The molecule has 0 spiro atoms. The van der Waals surface area contributed by atoms with Crippen LogP contribution in [0.1, 0.15) is 22.7 Å². The van der Waals surface area contributed by atoms with Gasteiger partial charge in [0.25, 0.3) is 0 Å². The fourth-order valence-corrected chi connectivity index (χ4v) is 3.72. The van der Waals surface area contributed by atoms with E-state index in [9.17, 15) is 0 Å². The first kappa shape index (κ1) is 12.2. The quantitative estimate of drug-likeness (QED) is 0.861. The Morgan fingerprint density at radius 2 is 2.05 bits per heavy atom. The van der Waals surface area contributed by atoms with Crippen LogP contribution >= 0.6 is 11.6 Å². The van der Waals surface area contributed by atoms with Crippen molar-refractivity contribution in [1.82, 2.24) is 5.32 Å². The first-order chi connectivity index (χ1) is 9.78. The van der Waals surface area contributed by atoms with Gasteiger partial charge in [-0.05, 0) is 59.8 Å². The van der Waals surface area contributed by atoms with Crippen molar-refractivity contribution in [1.29, 1.82) is 0 Å². The van der Waals surface area contributed by atoms with E-state index >= 15 is 0 Å². The summed E-state index contributed by atoms with van der Waals surface area (Å²) >= 11 is 6.21. The highest BCUT2D eigenvalue weighted by molar-refractivity contribution is 6.31. The van der Waals surface area contributed by atoms with Gasteiger partial charge >= 0.3 is 0 Å². The van der Waals surface area contributed by atoms with E-state index < -0.39 is 0 Å². The molecular weight excluding hydrogens is 270 g/mol. The largest absolute Gasteiger partial charge is 0.496 e. The second-order valence-corrected chi connectivity index (χ2v) is 5.91. The smallest absolute Gasteiger partial charge is 0.127 e. The molecule has 0 aromatic heterocycles. The molecule has 0 fully saturated rings. The zero-order valence-corrected chi connectivity index (χ0v) is 12.1. The molecule has 1 N–H and O–H groups in total. The fraction of sp³-hybridized carbons (Fsp3) is 0.294. The average molecular weight is 286 g/mol. The Morgan fingerprint density at radius 1 is 1.20 bits per heavy atom. The van der Waals surface area contributed by atoms with Crippen LogP contribution in [0.5, 0.6) is 5.75 Å². The predicted octanol–water partition coefficient (Wildman–Crippen LogP) is 3.76. The molecular formula is C17H16ClNO. The van der Waals surface area contributed by atoms with Crippen molar-refractivity contribution in [2.45, 2.75) is 18.9 Å². The molecule has 1 unspecified atom stereocenters. The van der Waals surface area contributed by atoms with Gasteiger partial charge in [0, 0.05) is 16.6 Å². The van der Waals surface area contributed by atoms with Crippen molar-refractivity contribution in [2.24, 2.45) is 0 Å². The number of hydrogen-bond donors (Lipinski definition) is 1. The minimum atomic E-state index is 0.400. The fourth-order valence-electron chi connectivity index (χ4n) is 3.54. The number of halogens is 1. The lowest BCUT2D eigenvalue weighted by atomic mass is 9.77. The molecule has 0 amide bonds. The molecule has 1 heterocycles. The highest BCUT2D eigenvalue weighted by Crippen LogP contribution is 2.47. The molecule has 0 radical (unpaired) electrons. The zero-order chi connectivity index (χ0) is 13.7. The zero-order valence-electron chi connectivity index (χ0n) is 11.4. The Labute approximate surface area is 123 Å². The standard InChI is InChI=1S/C17H16ClNO/c1-20-15-5-3-10-6-7-19-14-8-11-2-4-12(18)9-13(11)17(15)16(10)14/h2-5,9,14,19H,6-8H2,1H3. The van der Waals surface area contributed by atoms with E-state index in [1.807, 2.05) is 6.07 Å². The van der Waals surface area contributed by atoms with E-state index in [-0.39, 0.29) is 0 Å². The summed E-state index contributed by atoms with van der Waals surface area (Å²) in [6.45, 7) is 1.05. The molecule has 0 saturated heterocycles. The average Bonchev–Trinajstić information content (AvgIpc) is 2.48. The summed E-state index contributed by atoms with van der Waals surface area (Å²) in [5, 5.41) is 4.42. The van der Waals surface area contributed by atoms with Crippen LogP contribution in [0.2, 0.25) is 5.02 Å². The second-order valence-electron chi connectivity index (χ2n) is 5.48. The van der Waals surface area contributed by atoms with Crippen molar-refractivity contribution in [3.8, 4) is 16.9 Å². The van der Waals surface area contributed by atoms with Crippen LogP contribution in [0, 0.1) is 0 Å². The number of ether oxygens (including phenoxy) is 1. The van der Waals surface area contributed by atoms with Crippen LogP contribution in [0.15, 0.2) is 30.3 Å². The SMILES string of the molecule is COc1ccc2c3c1-c1cc(Cl)ccc1CC3NCC2. The maximum absolute atomic E-state index is 6.21. The number of rotatable bonds is 1. The molecule has 3 heteroatoms. The summed E-state index contributed by atoms with van der Waals surface area (Å²) in [4.78, 5) is 0. The number of benzene rings is 2. The van der Waals surface area contributed by atoms with Crippen molar-refractivity contribution in [2.75, 3.05) is 13.7 Å². The Morgan fingerprint density at radius 3 is 2.90 bits per heavy atom. The minimum absolute atomic E-state index is 0.400. The molecule has 1 aliphatic heterocycles. The predicted molar refractivity (Wildman–Crippen MR) is 81.6 cm³/mol. The van der Waals surface area contributed by atoms with Gasteiger partial charge in [-0.2, -0.15) is 0 Å². The van der Waals surface area contributed by atoms with E-state index in [0.29, 0.717) is 6.04 Å². The van der Waals surface area contributed by atoms with Gasteiger partial charge in [-0.1, -0.05) is 23.7 Å². The van der Waals surface area contributed by atoms with Crippen molar-refractivity contribution in [3.63, 3.8) is 0 Å². The third kappa shape index (κ3) is 1.68. The van der Waals surface area contributed by atoms with Gasteiger partial charge in [0.15, 0.2) is 0 Å². The third-order valence-electron chi connectivity index (χ3n) is 4.42. The van der Waals surface area contributed by atoms with Crippen molar-refractivity contribution < 1.29 is 4.74 Å². The van der Waals surface area contributed by atoms with Crippen molar-refractivity contribution in [3.05, 3.63) is 52.0 Å². The van der Waals surface area contributed by atoms with E-state index in [1.54, 1.807) is 7.11 Å². The Kier molecular flexibility index (Phi) is 2.76. The molecule has 2 aromatic carbocycles. The lowest BCUT2D eigenvalue weighted by Gasteiger charge is -2.35. The molecule has 4 rings (SSSR count). The molecule has 1 aliphatic carbocycles. The van der Waals surface area contributed by atoms with Gasteiger partial charge in [0.05, 0.1) is 7.11 Å². The maximum atomic E-state index is 6.21. The molecule has 2 nitrogen and oxygen atoms in total. The number of hydrogen-bond acceptors (Lipinski definition) is 2. The topological polar surface area (TPSA) is 21.3 Å². The maximum Gasteiger partial charge on any atom is 0.127 e. The first-order valence-corrected chi connectivity index (χ1v) is 7.37. The normalized spacial score (nSPS) is 19.2. The lowest BCUT2D eigenvalue weighted by molar-refractivity contribution is 0.412. The summed E-state index contributed by atoms with van der Waals surface area (Å²) in [7, 11) is 1.74. The summed E-state index contributed by atoms with van der Waals surface area (Å²) in [5.74, 6) is 0.945. The number of nitrogens with one attached hydrogen (secondary N) is 1. The van der Waals surface area contributed by atoms with Crippen LogP contribution in [0.4, 0.5) is 0 Å². The molecule has 2 aliphatic rings. The van der Waals surface area contributed by atoms with E-state index in [1.165, 1.54) is 27.8 Å². The van der Waals surface area contributed by atoms with Gasteiger partial charge < -0.3 is 10.1 Å². The molecule has 1 atom stereocenters. The first-order valence-electron chi connectivity index (χ1n) is 7.00. The molecule has 0 saturated carbocycles. The highest BCUT2D eigenvalue weighted by Gasteiger charge is 2.31. The molecule has 102 valence electrons. The Bertz CT molecular complexity index is 696. The molecule has 20 heavy (non-hydrogen) atoms. The van der Waals surface area contributed by atoms with Crippen LogP contribution in [0.25, 0.3) is 11.1 Å². The van der Waals surface area contributed by atoms with Crippen LogP contribution in [-0.4, -0.2) is 13.7 Å². The highest BCUT2D eigenvalue weighted by atomic mass is 35.5. The van der Waals surface area contributed by atoms with Crippen LogP contribution in [-0.2, 0) is 12.8 Å². The Hall–Kier alpha value is -1.51. The lowest BCUT2D eigenvalue weighted by Crippen LogP contribution is -2.33. The van der Waals surface area contributed by atoms with Crippen molar-refractivity contribution >= 4 is 11.6 Å². The summed E-state index contributed by atoms with van der Waals surface area (Å²) in [6, 6.07) is 10.9.